The first-order valence-electron chi connectivity index (χ1n) is 10.0. The van der Waals surface area contributed by atoms with Gasteiger partial charge in [-0.15, -0.1) is 11.8 Å². The lowest BCUT2D eigenvalue weighted by Crippen LogP contribution is -2.53. The number of aliphatic hydroxyl groups excluding tert-OH is 1. The minimum Gasteiger partial charge on any atom is -0.396 e. The van der Waals surface area contributed by atoms with Gasteiger partial charge in [0, 0.05) is 38.8 Å². The summed E-state index contributed by atoms with van der Waals surface area (Å²) in [5.41, 5.74) is 2.14. The van der Waals surface area contributed by atoms with E-state index in [0.717, 1.165) is 29.3 Å². The summed E-state index contributed by atoms with van der Waals surface area (Å²) in [6.45, 7) is 3.19. The number of aliphatic hydroxyl groups is 1. The maximum absolute atomic E-state index is 9.85. The summed E-state index contributed by atoms with van der Waals surface area (Å²) < 4.78 is 12.8. The molecule has 0 saturated carbocycles. The molecule has 2 atom stereocenters. The Morgan fingerprint density at radius 2 is 1.34 bits per heavy atom. The molecule has 0 radical (unpaired) electrons. The van der Waals surface area contributed by atoms with Crippen LogP contribution in [0.3, 0.4) is 0 Å². The van der Waals surface area contributed by atoms with Crippen molar-refractivity contribution >= 4 is 35.0 Å². The standard InChI is InChI=1S/C23H26Cl2O3S/c1-2-22(13-26)14-27-23(28-15-22)11-20(16-3-7-18(24)8-4-16)29-21(12-23)17-5-9-19(25)10-6-17/h3-10,20-21,26H,2,11-15H2,1H3. The molecule has 0 aliphatic carbocycles. The molecule has 29 heavy (non-hydrogen) atoms. The minimum atomic E-state index is -0.645. The fourth-order valence-electron chi connectivity index (χ4n) is 3.99. The quantitative estimate of drug-likeness (QED) is 0.579. The van der Waals surface area contributed by atoms with Gasteiger partial charge in [-0.05, 0) is 41.8 Å². The normalized spacial score (nSPS) is 32.4. The highest BCUT2D eigenvalue weighted by atomic mass is 35.5. The van der Waals surface area contributed by atoms with Gasteiger partial charge in [0.15, 0.2) is 5.79 Å². The van der Waals surface area contributed by atoms with Crippen LogP contribution in [0.1, 0.15) is 47.8 Å². The van der Waals surface area contributed by atoms with Gasteiger partial charge >= 0.3 is 0 Å². The topological polar surface area (TPSA) is 38.7 Å². The molecule has 2 aliphatic rings. The molecule has 0 bridgehead atoms. The molecule has 1 spiro atoms. The summed E-state index contributed by atoms with van der Waals surface area (Å²) in [6, 6.07) is 16.1. The van der Waals surface area contributed by atoms with Gasteiger partial charge in [-0.3, -0.25) is 0 Å². The molecule has 2 heterocycles. The van der Waals surface area contributed by atoms with E-state index in [-0.39, 0.29) is 22.5 Å². The number of thioether (sulfide) groups is 1. The number of rotatable bonds is 4. The third-order valence-corrected chi connectivity index (χ3v) is 8.21. The molecule has 2 aliphatic heterocycles. The third kappa shape index (κ3) is 4.63. The number of hydrogen-bond acceptors (Lipinski definition) is 4. The monoisotopic (exact) mass is 452 g/mol. The van der Waals surface area contributed by atoms with E-state index in [9.17, 15) is 5.11 Å². The van der Waals surface area contributed by atoms with Crippen molar-refractivity contribution in [1.29, 1.82) is 0 Å². The van der Waals surface area contributed by atoms with Gasteiger partial charge in [0.2, 0.25) is 0 Å². The van der Waals surface area contributed by atoms with Crippen molar-refractivity contribution in [2.75, 3.05) is 19.8 Å². The maximum Gasteiger partial charge on any atom is 0.171 e. The molecule has 2 unspecified atom stereocenters. The van der Waals surface area contributed by atoms with Crippen LogP contribution in [-0.4, -0.2) is 30.7 Å². The van der Waals surface area contributed by atoms with Crippen LogP contribution in [0.4, 0.5) is 0 Å². The van der Waals surface area contributed by atoms with Crippen molar-refractivity contribution in [3.8, 4) is 0 Å². The van der Waals surface area contributed by atoms with Crippen LogP contribution in [0.15, 0.2) is 48.5 Å². The van der Waals surface area contributed by atoms with E-state index >= 15 is 0 Å². The zero-order valence-corrected chi connectivity index (χ0v) is 18.8. The van der Waals surface area contributed by atoms with Gasteiger partial charge in [-0.25, -0.2) is 0 Å². The smallest absolute Gasteiger partial charge is 0.171 e. The van der Waals surface area contributed by atoms with Crippen LogP contribution >= 0.6 is 35.0 Å². The average molecular weight is 453 g/mol. The van der Waals surface area contributed by atoms with E-state index in [0.29, 0.717) is 13.2 Å². The molecule has 0 aromatic heterocycles. The minimum absolute atomic E-state index is 0.0789. The SMILES string of the molecule is CCC1(CO)COC2(CC(c3ccc(Cl)cc3)SC(c3ccc(Cl)cc3)C2)OC1. The molecule has 2 saturated heterocycles. The van der Waals surface area contributed by atoms with E-state index in [1.807, 2.05) is 36.0 Å². The second kappa shape index (κ2) is 8.78. The van der Waals surface area contributed by atoms with Crippen LogP contribution in [0.25, 0.3) is 0 Å². The van der Waals surface area contributed by atoms with Crippen LogP contribution < -0.4 is 0 Å². The van der Waals surface area contributed by atoms with Crippen LogP contribution in [-0.2, 0) is 9.47 Å². The molecule has 1 N–H and O–H groups in total. The highest BCUT2D eigenvalue weighted by molar-refractivity contribution is 7.99. The summed E-state index contributed by atoms with van der Waals surface area (Å²) >= 11 is 14.1. The van der Waals surface area contributed by atoms with E-state index in [2.05, 4.69) is 31.2 Å². The predicted octanol–water partition coefficient (Wildman–Crippen LogP) is 6.43. The molecular weight excluding hydrogens is 427 g/mol. The maximum atomic E-state index is 9.85. The Balaban J connectivity index is 1.62. The van der Waals surface area contributed by atoms with E-state index in [1.54, 1.807) is 0 Å². The average Bonchev–Trinajstić information content (AvgIpc) is 2.75. The summed E-state index contributed by atoms with van der Waals surface area (Å²) in [5, 5.41) is 11.8. The second-order valence-corrected chi connectivity index (χ2v) is 10.4. The Morgan fingerprint density at radius 1 is 0.897 bits per heavy atom. The second-order valence-electron chi connectivity index (χ2n) is 8.12. The zero-order chi connectivity index (χ0) is 20.5. The highest BCUT2D eigenvalue weighted by Crippen LogP contribution is 2.56. The van der Waals surface area contributed by atoms with Crippen molar-refractivity contribution in [3.63, 3.8) is 0 Å². The molecule has 0 amide bonds. The van der Waals surface area contributed by atoms with E-state index in [1.165, 1.54) is 11.1 Å². The Hall–Kier alpha value is -0.750. The lowest BCUT2D eigenvalue weighted by atomic mass is 9.85. The molecule has 2 aromatic rings. The van der Waals surface area contributed by atoms with Crippen molar-refractivity contribution in [3.05, 3.63) is 69.7 Å². The van der Waals surface area contributed by atoms with Gasteiger partial charge < -0.3 is 14.6 Å². The van der Waals surface area contributed by atoms with Crippen molar-refractivity contribution in [2.24, 2.45) is 5.41 Å². The van der Waals surface area contributed by atoms with Crippen LogP contribution in [0, 0.1) is 5.41 Å². The van der Waals surface area contributed by atoms with Crippen LogP contribution in [0.5, 0.6) is 0 Å². The first kappa shape index (κ1) is 21.5. The largest absolute Gasteiger partial charge is 0.396 e. The first-order valence-corrected chi connectivity index (χ1v) is 11.7. The molecule has 2 fully saturated rings. The number of ether oxygens (including phenoxy) is 2. The van der Waals surface area contributed by atoms with Crippen molar-refractivity contribution in [2.45, 2.75) is 42.5 Å². The number of benzene rings is 2. The zero-order valence-electron chi connectivity index (χ0n) is 16.4. The van der Waals surface area contributed by atoms with E-state index in [4.69, 9.17) is 32.7 Å². The summed E-state index contributed by atoms with van der Waals surface area (Å²) in [5.74, 6) is -0.645. The molecule has 2 aromatic carbocycles. The Bertz CT molecular complexity index is 756. The molecule has 3 nitrogen and oxygen atoms in total. The fourth-order valence-corrected chi connectivity index (χ4v) is 5.96. The number of halogens is 2. The number of hydrogen-bond donors (Lipinski definition) is 1. The third-order valence-electron chi connectivity index (χ3n) is 6.17. The summed E-state index contributed by atoms with van der Waals surface area (Å²) in [4.78, 5) is 0. The van der Waals surface area contributed by atoms with Gasteiger partial charge in [-0.1, -0.05) is 54.4 Å². The Labute approximate surface area is 186 Å². The lowest BCUT2D eigenvalue weighted by molar-refractivity contribution is -0.315. The van der Waals surface area contributed by atoms with Gasteiger partial charge in [-0.2, -0.15) is 0 Å². The van der Waals surface area contributed by atoms with E-state index < -0.39 is 5.79 Å². The van der Waals surface area contributed by atoms with Gasteiger partial charge in [0.05, 0.1) is 19.8 Å². The molecule has 156 valence electrons. The van der Waals surface area contributed by atoms with Crippen LogP contribution in [0.2, 0.25) is 10.0 Å². The Morgan fingerprint density at radius 3 is 1.72 bits per heavy atom. The predicted molar refractivity (Wildman–Crippen MR) is 120 cm³/mol. The summed E-state index contributed by atoms with van der Waals surface area (Å²) in [6.07, 6.45) is 2.37. The van der Waals surface area contributed by atoms with Crippen molar-refractivity contribution in [1.82, 2.24) is 0 Å². The van der Waals surface area contributed by atoms with Crippen molar-refractivity contribution < 1.29 is 14.6 Å². The van der Waals surface area contributed by atoms with Gasteiger partial charge in [0.25, 0.3) is 0 Å². The lowest BCUT2D eigenvalue weighted by Gasteiger charge is -2.50. The summed E-state index contributed by atoms with van der Waals surface area (Å²) in [7, 11) is 0. The highest BCUT2D eigenvalue weighted by Gasteiger charge is 2.49. The Kier molecular flexibility index (Phi) is 6.50. The van der Waals surface area contributed by atoms with Gasteiger partial charge in [0.1, 0.15) is 0 Å². The molecular formula is C23H26Cl2O3S. The molecule has 4 rings (SSSR count). The fraction of sp³-hybridized carbons (Fsp3) is 0.478. The first-order chi connectivity index (χ1) is 14.0. The molecule has 6 heteroatoms.